The number of nitrogens with one attached hydrogen (secondary N) is 2. The molecule has 0 bridgehead atoms. The van der Waals surface area contributed by atoms with E-state index < -0.39 is 12.2 Å². The maximum atomic E-state index is 13.5. The summed E-state index contributed by atoms with van der Waals surface area (Å²) >= 11 is 5.63. The highest BCUT2D eigenvalue weighted by molar-refractivity contribution is 6.30. The van der Waals surface area contributed by atoms with Crippen LogP contribution in [0.25, 0.3) is 0 Å². The van der Waals surface area contributed by atoms with Crippen LogP contribution in [0.2, 0.25) is 5.02 Å². The van der Waals surface area contributed by atoms with Gasteiger partial charge in [0.05, 0.1) is 11.4 Å². The summed E-state index contributed by atoms with van der Waals surface area (Å²) in [6.07, 6.45) is -2.52. The van der Waals surface area contributed by atoms with Crippen molar-refractivity contribution in [2.75, 3.05) is 6.61 Å². The van der Waals surface area contributed by atoms with Crippen molar-refractivity contribution < 1.29 is 36.6 Å². The van der Waals surface area contributed by atoms with Gasteiger partial charge in [-0.2, -0.15) is 0 Å². The number of halogens is 5. The Balaban J connectivity index is 1.27. The number of ether oxygens (including phenoxy) is 2. The van der Waals surface area contributed by atoms with Gasteiger partial charge in [-0.3, -0.25) is 9.59 Å². The van der Waals surface area contributed by atoms with E-state index in [1.54, 1.807) is 6.07 Å². The molecule has 0 radical (unpaired) electrons. The molecule has 0 heterocycles. The van der Waals surface area contributed by atoms with E-state index in [2.05, 4.69) is 15.4 Å². The first-order valence-electron chi connectivity index (χ1n) is 11.1. The molecule has 2 saturated carbocycles. The summed E-state index contributed by atoms with van der Waals surface area (Å²) in [5.74, 6) is -1.07. The molecule has 2 N–H and O–H groups in total. The van der Waals surface area contributed by atoms with Crippen LogP contribution in [0.3, 0.4) is 0 Å². The van der Waals surface area contributed by atoms with E-state index in [0.29, 0.717) is 12.0 Å². The summed E-state index contributed by atoms with van der Waals surface area (Å²) < 4.78 is 60.0. The molecule has 2 fully saturated rings. The van der Waals surface area contributed by atoms with Gasteiger partial charge in [0, 0.05) is 18.2 Å². The fraction of sp³-hybridized carbons (Fsp3) is 0.417. The van der Waals surface area contributed by atoms with Gasteiger partial charge in [0.2, 0.25) is 5.91 Å². The first kappa shape index (κ1) is 25.1. The second kappa shape index (κ2) is 10.3. The van der Waals surface area contributed by atoms with Gasteiger partial charge in [0.15, 0.2) is 6.61 Å². The lowest BCUT2D eigenvalue weighted by molar-refractivity contribution is -0.274. The molecule has 2 aliphatic rings. The number of amides is 2. The molecular weight excluding hydrogens is 492 g/mol. The van der Waals surface area contributed by atoms with Crippen molar-refractivity contribution in [2.24, 2.45) is 11.8 Å². The Morgan fingerprint density at radius 3 is 2.29 bits per heavy atom. The van der Waals surface area contributed by atoms with Crippen LogP contribution in [0.1, 0.15) is 24.8 Å². The number of fused-ring (bicyclic) bond motifs is 1. The van der Waals surface area contributed by atoms with Crippen LogP contribution in [0.4, 0.5) is 17.6 Å². The van der Waals surface area contributed by atoms with Gasteiger partial charge in [-0.25, -0.2) is 4.39 Å². The molecule has 2 aromatic carbocycles. The molecule has 188 valence electrons. The lowest BCUT2D eigenvalue weighted by Crippen LogP contribution is -2.44. The van der Waals surface area contributed by atoms with Gasteiger partial charge in [0.25, 0.3) is 5.91 Å². The van der Waals surface area contributed by atoms with E-state index in [4.69, 9.17) is 16.3 Å². The van der Waals surface area contributed by atoms with Crippen LogP contribution < -0.4 is 20.1 Å². The number of hydrogen-bond acceptors (Lipinski definition) is 4. The SMILES string of the molecule is O=C(COc1ccc(Cl)c(F)c1)NC1C[C@H](NC(=O)Cc2cccc(OC(F)(F)F)c2)C2CCC12. The van der Waals surface area contributed by atoms with Crippen molar-refractivity contribution in [2.45, 2.75) is 44.1 Å². The van der Waals surface area contributed by atoms with E-state index >= 15 is 0 Å². The largest absolute Gasteiger partial charge is 0.573 e. The molecule has 2 aliphatic carbocycles. The van der Waals surface area contributed by atoms with Crippen LogP contribution in [0.5, 0.6) is 11.5 Å². The summed E-state index contributed by atoms with van der Waals surface area (Å²) in [7, 11) is 0. The van der Waals surface area contributed by atoms with Gasteiger partial charge >= 0.3 is 6.36 Å². The third-order valence-corrected chi connectivity index (χ3v) is 6.68. The van der Waals surface area contributed by atoms with E-state index in [-0.39, 0.29) is 65.3 Å². The average molecular weight is 515 g/mol. The van der Waals surface area contributed by atoms with Crippen molar-refractivity contribution in [3.63, 3.8) is 0 Å². The molecule has 0 saturated heterocycles. The van der Waals surface area contributed by atoms with Crippen LogP contribution in [0, 0.1) is 17.7 Å². The zero-order chi connectivity index (χ0) is 25.2. The minimum absolute atomic E-state index is 0.0424. The molecule has 35 heavy (non-hydrogen) atoms. The minimum atomic E-state index is -4.81. The van der Waals surface area contributed by atoms with Crippen LogP contribution in [-0.2, 0) is 16.0 Å². The van der Waals surface area contributed by atoms with Crippen molar-refractivity contribution in [3.8, 4) is 11.5 Å². The highest BCUT2D eigenvalue weighted by Gasteiger charge is 2.49. The van der Waals surface area contributed by atoms with Crippen LogP contribution in [0.15, 0.2) is 42.5 Å². The van der Waals surface area contributed by atoms with Crippen LogP contribution in [-0.4, -0.2) is 36.9 Å². The van der Waals surface area contributed by atoms with Gasteiger partial charge in [-0.15, -0.1) is 13.2 Å². The number of hydrogen-bond donors (Lipinski definition) is 2. The second-order valence-electron chi connectivity index (χ2n) is 8.73. The van der Waals surface area contributed by atoms with Gasteiger partial charge < -0.3 is 20.1 Å². The summed E-state index contributed by atoms with van der Waals surface area (Å²) in [4.78, 5) is 24.9. The highest BCUT2D eigenvalue weighted by Crippen LogP contribution is 2.47. The van der Waals surface area contributed by atoms with Crippen LogP contribution >= 0.6 is 11.6 Å². The molecule has 0 aromatic heterocycles. The second-order valence-corrected chi connectivity index (χ2v) is 9.13. The quantitative estimate of drug-likeness (QED) is 0.512. The Morgan fingerprint density at radius 2 is 1.66 bits per heavy atom. The highest BCUT2D eigenvalue weighted by atomic mass is 35.5. The average Bonchev–Trinajstić information content (AvgIpc) is 2.94. The third kappa shape index (κ3) is 6.56. The fourth-order valence-corrected chi connectivity index (χ4v) is 4.88. The molecule has 0 aliphatic heterocycles. The normalized spacial score (nSPS) is 23.1. The molecule has 2 amide bonds. The first-order valence-corrected chi connectivity index (χ1v) is 11.5. The van der Waals surface area contributed by atoms with Crippen molar-refractivity contribution in [3.05, 3.63) is 58.9 Å². The predicted octanol–water partition coefficient (Wildman–Crippen LogP) is 4.40. The Labute approximate surface area is 203 Å². The standard InChI is InChI=1S/C24H23ClF4N2O4/c25-18-7-4-14(10-19(18)26)34-12-23(33)31-21-11-20(16-5-6-17(16)21)30-22(32)9-13-2-1-3-15(8-13)35-24(27,28)29/h1-4,7-8,10,16-17,20-21H,5-6,9,11-12H2,(H,30,32)(H,31,33)/t16?,17?,20-,21?/m0/s1. The number of rotatable bonds is 8. The number of carbonyl (C=O) groups excluding carboxylic acids is 2. The monoisotopic (exact) mass is 514 g/mol. The first-order chi connectivity index (χ1) is 16.6. The van der Waals surface area contributed by atoms with Gasteiger partial charge in [-0.1, -0.05) is 23.7 Å². The van der Waals surface area contributed by atoms with E-state index in [1.807, 2.05) is 0 Å². The Hall–Kier alpha value is -3.01. The smallest absolute Gasteiger partial charge is 0.484 e. The van der Waals surface area contributed by atoms with E-state index in [1.165, 1.54) is 30.3 Å². The predicted molar refractivity (Wildman–Crippen MR) is 118 cm³/mol. The summed E-state index contributed by atoms with van der Waals surface area (Å²) in [5.41, 5.74) is 0.396. The zero-order valence-corrected chi connectivity index (χ0v) is 19.2. The maximum absolute atomic E-state index is 13.5. The third-order valence-electron chi connectivity index (χ3n) is 6.38. The fourth-order valence-electron chi connectivity index (χ4n) is 4.77. The summed E-state index contributed by atoms with van der Waals surface area (Å²) in [6, 6.07) is 8.93. The molecule has 4 atom stereocenters. The number of carbonyl (C=O) groups is 2. The molecule has 4 rings (SSSR count). The van der Waals surface area contributed by atoms with Crippen molar-refractivity contribution in [1.82, 2.24) is 10.6 Å². The lowest BCUT2D eigenvalue weighted by Gasteiger charge is -2.36. The van der Waals surface area contributed by atoms with Crippen molar-refractivity contribution >= 4 is 23.4 Å². The molecule has 0 spiro atoms. The number of benzene rings is 2. The number of alkyl halides is 3. The van der Waals surface area contributed by atoms with E-state index in [9.17, 15) is 27.2 Å². The van der Waals surface area contributed by atoms with Gasteiger partial charge in [0.1, 0.15) is 17.3 Å². The molecule has 11 heteroatoms. The Kier molecular flexibility index (Phi) is 7.39. The summed E-state index contributed by atoms with van der Waals surface area (Å²) in [6.45, 7) is -0.289. The van der Waals surface area contributed by atoms with Gasteiger partial charge in [-0.05, 0) is 60.9 Å². The molecule has 6 nitrogen and oxygen atoms in total. The zero-order valence-electron chi connectivity index (χ0n) is 18.4. The molecule has 2 aromatic rings. The minimum Gasteiger partial charge on any atom is -0.484 e. The molecule has 3 unspecified atom stereocenters. The Bertz CT molecular complexity index is 1100. The maximum Gasteiger partial charge on any atom is 0.573 e. The topological polar surface area (TPSA) is 76.7 Å². The molecular formula is C24H23ClF4N2O4. The van der Waals surface area contributed by atoms with Crippen molar-refractivity contribution in [1.29, 1.82) is 0 Å². The van der Waals surface area contributed by atoms with E-state index in [0.717, 1.165) is 18.9 Å². The summed E-state index contributed by atoms with van der Waals surface area (Å²) in [5, 5.41) is 5.85. The Morgan fingerprint density at radius 1 is 0.971 bits per heavy atom. The lowest BCUT2D eigenvalue weighted by atomic mass is 9.73.